The fraction of sp³-hybridized carbons (Fsp3) is 0.565. The van der Waals surface area contributed by atoms with E-state index in [2.05, 4.69) is 36.4 Å². The lowest BCUT2D eigenvalue weighted by atomic mass is 9.77. The Kier molecular flexibility index (Phi) is 5.04. The van der Waals surface area contributed by atoms with Gasteiger partial charge in [-0.2, -0.15) is 0 Å². The number of pyridine rings is 1. The lowest BCUT2D eigenvalue weighted by Gasteiger charge is -2.37. The number of hydrogen-bond acceptors (Lipinski definition) is 6. The van der Waals surface area contributed by atoms with E-state index in [9.17, 15) is 0 Å². The van der Waals surface area contributed by atoms with Crippen molar-refractivity contribution in [1.82, 2.24) is 34.8 Å². The van der Waals surface area contributed by atoms with Crippen molar-refractivity contribution in [1.29, 1.82) is 0 Å². The summed E-state index contributed by atoms with van der Waals surface area (Å²) in [5.41, 5.74) is 1.69. The van der Waals surface area contributed by atoms with Crippen molar-refractivity contribution in [2.45, 2.75) is 44.4 Å². The molecule has 0 aromatic carbocycles. The second-order valence-electron chi connectivity index (χ2n) is 9.40. The standard InChI is InChI=1S/C23H29N7O/c1-2-6-24-19(3-1)20-13-30(28-27-20)21-9-17-11-29(14-23-25-7-8-26-23)12-18(17)10-22(21)31-15-16-4-5-16/h1-3,6-8,13,16-18,21-22H,4-5,9-12,14-15H2,(H,25,26)/t17-,18+,21-,22-/m1/s1. The summed E-state index contributed by atoms with van der Waals surface area (Å²) in [6, 6.07) is 6.12. The molecule has 0 radical (unpaired) electrons. The van der Waals surface area contributed by atoms with Crippen LogP contribution in [0.4, 0.5) is 0 Å². The molecule has 3 fully saturated rings. The lowest BCUT2D eigenvalue weighted by molar-refractivity contribution is -0.0375. The molecule has 0 spiro atoms. The Hall–Kier alpha value is -2.58. The minimum absolute atomic E-state index is 0.198. The van der Waals surface area contributed by atoms with E-state index in [0.29, 0.717) is 11.8 Å². The van der Waals surface area contributed by atoms with Gasteiger partial charge in [0.25, 0.3) is 0 Å². The number of rotatable bonds is 7. The highest BCUT2D eigenvalue weighted by Gasteiger charge is 2.44. The smallest absolute Gasteiger partial charge is 0.131 e. The lowest BCUT2D eigenvalue weighted by Crippen LogP contribution is -2.38. The van der Waals surface area contributed by atoms with Crippen LogP contribution in [0.25, 0.3) is 11.4 Å². The summed E-state index contributed by atoms with van der Waals surface area (Å²) in [6.45, 7) is 4.01. The third-order valence-corrected chi connectivity index (χ3v) is 7.11. The van der Waals surface area contributed by atoms with Gasteiger partial charge in [0.1, 0.15) is 11.5 Å². The Labute approximate surface area is 182 Å². The van der Waals surface area contributed by atoms with E-state index in [1.807, 2.05) is 35.3 Å². The van der Waals surface area contributed by atoms with Gasteiger partial charge in [0.2, 0.25) is 0 Å². The van der Waals surface area contributed by atoms with Gasteiger partial charge >= 0.3 is 0 Å². The van der Waals surface area contributed by atoms with Crippen LogP contribution in [0, 0.1) is 17.8 Å². The molecule has 0 bridgehead atoms. The molecule has 1 N–H and O–H groups in total. The van der Waals surface area contributed by atoms with Gasteiger partial charge < -0.3 is 9.72 Å². The Balaban J connectivity index is 1.20. The number of imidazole rings is 1. The van der Waals surface area contributed by atoms with Crippen molar-refractivity contribution in [2.24, 2.45) is 17.8 Å². The van der Waals surface area contributed by atoms with Gasteiger partial charge in [-0.15, -0.1) is 5.10 Å². The molecule has 31 heavy (non-hydrogen) atoms. The van der Waals surface area contributed by atoms with Crippen LogP contribution >= 0.6 is 0 Å². The molecular weight excluding hydrogens is 390 g/mol. The fourth-order valence-electron chi connectivity index (χ4n) is 5.28. The van der Waals surface area contributed by atoms with Crippen molar-refractivity contribution < 1.29 is 4.74 Å². The molecule has 1 saturated heterocycles. The summed E-state index contributed by atoms with van der Waals surface area (Å²) in [4.78, 5) is 14.6. The van der Waals surface area contributed by atoms with E-state index >= 15 is 0 Å². The van der Waals surface area contributed by atoms with Gasteiger partial charge in [-0.25, -0.2) is 9.67 Å². The summed E-state index contributed by atoms with van der Waals surface area (Å²) in [6.07, 6.45) is 12.6. The van der Waals surface area contributed by atoms with Crippen LogP contribution in [-0.4, -0.2) is 60.6 Å². The predicted octanol–water partition coefficient (Wildman–Crippen LogP) is 2.94. The number of hydrogen-bond donors (Lipinski definition) is 1. The van der Waals surface area contributed by atoms with Gasteiger partial charge in [-0.1, -0.05) is 11.3 Å². The fourth-order valence-corrected chi connectivity index (χ4v) is 5.28. The molecular formula is C23H29N7O. The average molecular weight is 420 g/mol. The SMILES string of the molecule is c1ccc(-c2cn([C@@H]3C[C@@H]4CN(Cc5ncc[nH]5)C[C@@H]4C[C@H]3OCC3CC3)nn2)nc1. The summed E-state index contributed by atoms with van der Waals surface area (Å²) in [5, 5.41) is 8.95. The quantitative estimate of drug-likeness (QED) is 0.634. The number of aromatic amines is 1. The second kappa shape index (κ2) is 8.16. The van der Waals surface area contributed by atoms with Gasteiger partial charge in [0.05, 0.1) is 30.6 Å². The third-order valence-electron chi connectivity index (χ3n) is 7.11. The first-order chi connectivity index (χ1) is 15.3. The summed E-state index contributed by atoms with van der Waals surface area (Å²) < 4.78 is 8.55. The zero-order valence-electron chi connectivity index (χ0n) is 17.7. The maximum atomic E-state index is 6.50. The largest absolute Gasteiger partial charge is 0.376 e. The number of H-pyrrole nitrogens is 1. The topological polar surface area (TPSA) is 84.8 Å². The maximum Gasteiger partial charge on any atom is 0.131 e. The molecule has 1 aliphatic heterocycles. The highest BCUT2D eigenvalue weighted by Crippen LogP contribution is 2.43. The number of nitrogens with one attached hydrogen (secondary N) is 1. The van der Waals surface area contributed by atoms with Crippen LogP contribution < -0.4 is 0 Å². The van der Waals surface area contributed by atoms with Crippen LogP contribution in [0.15, 0.2) is 43.0 Å². The number of nitrogens with zero attached hydrogens (tertiary/aromatic N) is 6. The Morgan fingerprint density at radius 1 is 1.03 bits per heavy atom. The molecule has 2 saturated carbocycles. The van der Waals surface area contributed by atoms with E-state index in [1.54, 1.807) is 6.20 Å². The Bertz CT molecular complexity index is 985. The predicted molar refractivity (Wildman–Crippen MR) is 115 cm³/mol. The van der Waals surface area contributed by atoms with E-state index in [-0.39, 0.29) is 12.1 Å². The van der Waals surface area contributed by atoms with Crippen molar-refractivity contribution in [3.63, 3.8) is 0 Å². The number of aromatic nitrogens is 6. The van der Waals surface area contributed by atoms with E-state index in [4.69, 9.17) is 4.74 Å². The number of likely N-dealkylation sites (tertiary alicyclic amines) is 1. The van der Waals surface area contributed by atoms with Gasteiger partial charge in [0, 0.05) is 38.3 Å². The molecule has 8 nitrogen and oxygen atoms in total. The highest BCUT2D eigenvalue weighted by molar-refractivity contribution is 5.51. The van der Waals surface area contributed by atoms with Crippen LogP contribution in [-0.2, 0) is 11.3 Å². The van der Waals surface area contributed by atoms with Crippen LogP contribution in [0.5, 0.6) is 0 Å². The summed E-state index contributed by atoms with van der Waals surface area (Å²) in [7, 11) is 0. The summed E-state index contributed by atoms with van der Waals surface area (Å²) >= 11 is 0. The monoisotopic (exact) mass is 419 g/mol. The Morgan fingerprint density at radius 3 is 2.71 bits per heavy atom. The van der Waals surface area contributed by atoms with E-state index in [0.717, 1.165) is 62.2 Å². The highest BCUT2D eigenvalue weighted by atomic mass is 16.5. The average Bonchev–Trinajstić information content (AvgIpc) is 3.18. The zero-order valence-corrected chi connectivity index (χ0v) is 17.7. The molecule has 4 atom stereocenters. The van der Waals surface area contributed by atoms with Crippen molar-refractivity contribution >= 4 is 0 Å². The van der Waals surface area contributed by atoms with E-state index in [1.165, 1.54) is 12.8 Å². The minimum Gasteiger partial charge on any atom is -0.376 e. The van der Waals surface area contributed by atoms with Gasteiger partial charge in [-0.05, 0) is 55.6 Å². The van der Waals surface area contributed by atoms with Gasteiger partial charge in [0.15, 0.2) is 0 Å². The second-order valence-corrected chi connectivity index (χ2v) is 9.40. The zero-order chi connectivity index (χ0) is 20.6. The molecule has 162 valence electrons. The summed E-state index contributed by atoms with van der Waals surface area (Å²) in [5.74, 6) is 3.14. The molecule has 3 aliphatic rings. The normalized spacial score (nSPS) is 28.6. The molecule has 8 heteroatoms. The van der Waals surface area contributed by atoms with Crippen LogP contribution in [0.2, 0.25) is 0 Å². The molecule has 4 heterocycles. The van der Waals surface area contributed by atoms with Crippen LogP contribution in [0.3, 0.4) is 0 Å². The van der Waals surface area contributed by atoms with E-state index < -0.39 is 0 Å². The first-order valence-corrected chi connectivity index (χ1v) is 11.5. The Morgan fingerprint density at radius 2 is 1.94 bits per heavy atom. The molecule has 2 aliphatic carbocycles. The molecule has 0 amide bonds. The third kappa shape index (κ3) is 4.14. The number of fused-ring (bicyclic) bond motifs is 1. The van der Waals surface area contributed by atoms with Crippen LogP contribution in [0.1, 0.15) is 37.5 Å². The number of ether oxygens (including phenoxy) is 1. The van der Waals surface area contributed by atoms with Crippen molar-refractivity contribution in [3.8, 4) is 11.4 Å². The van der Waals surface area contributed by atoms with Crippen molar-refractivity contribution in [2.75, 3.05) is 19.7 Å². The molecule has 3 aromatic heterocycles. The molecule has 0 unspecified atom stereocenters. The minimum atomic E-state index is 0.198. The molecule has 6 rings (SSSR count). The maximum absolute atomic E-state index is 6.50. The van der Waals surface area contributed by atoms with Gasteiger partial charge in [-0.3, -0.25) is 9.88 Å². The molecule has 3 aromatic rings. The van der Waals surface area contributed by atoms with Crippen molar-refractivity contribution in [3.05, 3.63) is 48.8 Å². The first kappa shape index (κ1) is 19.1. The first-order valence-electron chi connectivity index (χ1n) is 11.5.